The highest BCUT2D eigenvalue weighted by Gasteiger charge is 2.12. The molecular formula is C14H20N4O. The van der Waals surface area contributed by atoms with Gasteiger partial charge in [-0.15, -0.1) is 5.10 Å². The number of aryl methyl sites for hydroxylation is 2. The van der Waals surface area contributed by atoms with Crippen LogP contribution in [0.3, 0.4) is 0 Å². The highest BCUT2D eigenvalue weighted by atomic mass is 16.5. The Morgan fingerprint density at radius 1 is 1.32 bits per heavy atom. The first kappa shape index (κ1) is 13.5. The number of methoxy groups -OCH3 is 1. The Morgan fingerprint density at radius 3 is 2.89 bits per heavy atom. The summed E-state index contributed by atoms with van der Waals surface area (Å²) in [6.45, 7) is 3.59. The van der Waals surface area contributed by atoms with E-state index in [-0.39, 0.29) is 0 Å². The van der Waals surface area contributed by atoms with E-state index in [1.165, 1.54) is 5.56 Å². The first-order chi connectivity index (χ1) is 9.26. The molecule has 0 bridgehead atoms. The van der Waals surface area contributed by atoms with E-state index in [2.05, 4.69) is 23.3 Å². The van der Waals surface area contributed by atoms with E-state index >= 15 is 0 Å². The Labute approximate surface area is 113 Å². The van der Waals surface area contributed by atoms with Gasteiger partial charge in [0.1, 0.15) is 5.75 Å². The topological polar surface area (TPSA) is 66.0 Å². The zero-order valence-electron chi connectivity index (χ0n) is 11.5. The van der Waals surface area contributed by atoms with Crippen molar-refractivity contribution >= 4 is 0 Å². The summed E-state index contributed by atoms with van der Waals surface area (Å²) >= 11 is 0. The first-order valence-corrected chi connectivity index (χ1v) is 6.50. The fourth-order valence-corrected chi connectivity index (χ4v) is 2.06. The molecule has 0 aliphatic rings. The van der Waals surface area contributed by atoms with Gasteiger partial charge in [-0.05, 0) is 38.4 Å². The summed E-state index contributed by atoms with van der Waals surface area (Å²) in [6.07, 6.45) is 3.77. The van der Waals surface area contributed by atoms with E-state index < -0.39 is 0 Å². The SMILES string of the molecule is COc1ccc(C)cc1-c1cnnn1CCCCN. The van der Waals surface area contributed by atoms with Crippen LogP contribution in [0.25, 0.3) is 11.3 Å². The molecule has 0 amide bonds. The molecule has 19 heavy (non-hydrogen) atoms. The summed E-state index contributed by atoms with van der Waals surface area (Å²) in [5, 5.41) is 8.15. The Bertz CT molecular complexity index is 536. The molecule has 0 saturated carbocycles. The summed E-state index contributed by atoms with van der Waals surface area (Å²) in [6, 6.07) is 6.10. The van der Waals surface area contributed by atoms with Crippen molar-refractivity contribution in [3.63, 3.8) is 0 Å². The van der Waals surface area contributed by atoms with Crippen molar-refractivity contribution in [1.82, 2.24) is 15.0 Å². The average molecular weight is 260 g/mol. The summed E-state index contributed by atoms with van der Waals surface area (Å²) in [4.78, 5) is 0. The molecule has 0 spiro atoms. The molecule has 0 unspecified atom stereocenters. The number of hydrogen-bond acceptors (Lipinski definition) is 4. The number of hydrogen-bond donors (Lipinski definition) is 1. The van der Waals surface area contributed by atoms with Gasteiger partial charge in [0.2, 0.25) is 0 Å². The average Bonchev–Trinajstić information content (AvgIpc) is 2.87. The molecule has 2 aromatic rings. The number of aromatic nitrogens is 3. The Kier molecular flexibility index (Phi) is 4.52. The highest BCUT2D eigenvalue weighted by molar-refractivity contribution is 5.67. The fourth-order valence-electron chi connectivity index (χ4n) is 2.06. The summed E-state index contributed by atoms with van der Waals surface area (Å²) < 4.78 is 7.33. The van der Waals surface area contributed by atoms with E-state index in [0.717, 1.165) is 36.4 Å². The molecule has 1 aromatic heterocycles. The quantitative estimate of drug-likeness (QED) is 0.807. The van der Waals surface area contributed by atoms with Crippen molar-refractivity contribution < 1.29 is 4.74 Å². The smallest absolute Gasteiger partial charge is 0.128 e. The van der Waals surface area contributed by atoms with E-state index in [1.54, 1.807) is 13.3 Å². The van der Waals surface area contributed by atoms with E-state index in [4.69, 9.17) is 10.5 Å². The number of ether oxygens (including phenoxy) is 1. The molecule has 0 aliphatic carbocycles. The Balaban J connectivity index is 2.31. The van der Waals surface area contributed by atoms with Crippen LogP contribution >= 0.6 is 0 Å². The van der Waals surface area contributed by atoms with Crippen molar-refractivity contribution in [2.75, 3.05) is 13.7 Å². The lowest BCUT2D eigenvalue weighted by molar-refractivity contribution is 0.415. The lowest BCUT2D eigenvalue weighted by Gasteiger charge is -2.11. The number of nitrogens with zero attached hydrogens (tertiary/aromatic N) is 3. The second-order valence-corrected chi connectivity index (χ2v) is 4.54. The second-order valence-electron chi connectivity index (χ2n) is 4.54. The molecule has 5 nitrogen and oxygen atoms in total. The van der Waals surface area contributed by atoms with Crippen LogP contribution in [-0.2, 0) is 6.54 Å². The van der Waals surface area contributed by atoms with E-state index in [9.17, 15) is 0 Å². The van der Waals surface area contributed by atoms with Crippen LogP contribution in [0, 0.1) is 6.92 Å². The van der Waals surface area contributed by atoms with Gasteiger partial charge in [-0.3, -0.25) is 0 Å². The van der Waals surface area contributed by atoms with Gasteiger partial charge in [0, 0.05) is 12.1 Å². The van der Waals surface area contributed by atoms with Crippen molar-refractivity contribution in [2.45, 2.75) is 26.3 Å². The molecule has 0 saturated heterocycles. The van der Waals surface area contributed by atoms with Crippen molar-refractivity contribution in [3.8, 4) is 17.0 Å². The maximum atomic E-state index is 5.52. The molecule has 102 valence electrons. The minimum Gasteiger partial charge on any atom is -0.496 e. The molecular weight excluding hydrogens is 240 g/mol. The number of benzene rings is 1. The van der Waals surface area contributed by atoms with Gasteiger partial charge in [0.15, 0.2) is 0 Å². The minimum atomic E-state index is 0.706. The molecule has 2 rings (SSSR count). The van der Waals surface area contributed by atoms with Gasteiger partial charge in [-0.25, -0.2) is 4.68 Å². The lowest BCUT2D eigenvalue weighted by Crippen LogP contribution is -2.06. The third-order valence-electron chi connectivity index (χ3n) is 3.07. The Hall–Kier alpha value is -1.88. The largest absolute Gasteiger partial charge is 0.496 e. The van der Waals surface area contributed by atoms with Crippen LogP contribution < -0.4 is 10.5 Å². The maximum Gasteiger partial charge on any atom is 0.128 e. The summed E-state index contributed by atoms with van der Waals surface area (Å²) in [5.41, 5.74) is 8.71. The summed E-state index contributed by atoms with van der Waals surface area (Å²) in [7, 11) is 1.68. The van der Waals surface area contributed by atoms with Gasteiger partial charge in [-0.1, -0.05) is 16.8 Å². The Morgan fingerprint density at radius 2 is 2.16 bits per heavy atom. The summed E-state index contributed by atoms with van der Waals surface area (Å²) in [5.74, 6) is 0.841. The molecule has 2 N–H and O–H groups in total. The van der Waals surface area contributed by atoms with Gasteiger partial charge >= 0.3 is 0 Å². The molecule has 1 heterocycles. The second kappa shape index (κ2) is 6.33. The molecule has 1 aromatic carbocycles. The number of nitrogens with two attached hydrogens (primary N) is 1. The molecule has 0 aliphatic heterocycles. The monoisotopic (exact) mass is 260 g/mol. The standard InChI is InChI=1S/C14H20N4O/c1-11-5-6-14(19-2)12(9-11)13-10-16-17-18(13)8-4-3-7-15/h5-6,9-10H,3-4,7-8,15H2,1-2H3. The van der Waals surface area contributed by atoms with Gasteiger partial charge < -0.3 is 10.5 Å². The van der Waals surface area contributed by atoms with Crippen LogP contribution in [0.4, 0.5) is 0 Å². The van der Waals surface area contributed by atoms with Gasteiger partial charge in [-0.2, -0.15) is 0 Å². The van der Waals surface area contributed by atoms with E-state index in [0.29, 0.717) is 6.54 Å². The third kappa shape index (κ3) is 3.12. The lowest BCUT2D eigenvalue weighted by atomic mass is 10.1. The van der Waals surface area contributed by atoms with E-state index in [1.807, 2.05) is 16.8 Å². The molecule has 5 heteroatoms. The molecule has 0 fully saturated rings. The minimum absolute atomic E-state index is 0.706. The van der Waals surface area contributed by atoms with Gasteiger partial charge in [0.25, 0.3) is 0 Å². The number of unbranched alkanes of at least 4 members (excludes halogenated alkanes) is 1. The van der Waals surface area contributed by atoms with Crippen LogP contribution in [-0.4, -0.2) is 28.6 Å². The number of rotatable bonds is 6. The first-order valence-electron chi connectivity index (χ1n) is 6.50. The predicted octanol–water partition coefficient (Wildman–Crippen LogP) is 2.00. The predicted molar refractivity (Wildman–Crippen MR) is 75.0 cm³/mol. The molecule has 0 atom stereocenters. The normalized spacial score (nSPS) is 10.7. The van der Waals surface area contributed by atoms with Crippen molar-refractivity contribution in [3.05, 3.63) is 30.0 Å². The van der Waals surface area contributed by atoms with Crippen LogP contribution in [0.15, 0.2) is 24.4 Å². The van der Waals surface area contributed by atoms with Crippen molar-refractivity contribution in [1.29, 1.82) is 0 Å². The van der Waals surface area contributed by atoms with Crippen LogP contribution in [0.1, 0.15) is 18.4 Å². The highest BCUT2D eigenvalue weighted by Crippen LogP contribution is 2.30. The molecule has 0 radical (unpaired) electrons. The fraction of sp³-hybridized carbons (Fsp3) is 0.429. The maximum absolute atomic E-state index is 5.52. The van der Waals surface area contributed by atoms with Crippen molar-refractivity contribution in [2.24, 2.45) is 5.73 Å². The zero-order chi connectivity index (χ0) is 13.7. The van der Waals surface area contributed by atoms with Crippen LogP contribution in [0.5, 0.6) is 5.75 Å². The third-order valence-corrected chi connectivity index (χ3v) is 3.07. The van der Waals surface area contributed by atoms with Gasteiger partial charge in [0.05, 0.1) is 19.0 Å². The van der Waals surface area contributed by atoms with Crippen LogP contribution in [0.2, 0.25) is 0 Å². The zero-order valence-corrected chi connectivity index (χ0v) is 11.5.